The molecule has 0 bridgehead atoms. The summed E-state index contributed by atoms with van der Waals surface area (Å²) in [5, 5.41) is 0. The highest BCUT2D eigenvalue weighted by Crippen LogP contribution is 2.23. The Bertz CT molecular complexity index is 694. The molecule has 0 saturated carbocycles. The number of aromatic nitrogens is 3. The van der Waals surface area contributed by atoms with E-state index in [1.165, 1.54) is 0 Å². The highest BCUT2D eigenvalue weighted by Gasteiger charge is 2.12. The van der Waals surface area contributed by atoms with E-state index in [-0.39, 0.29) is 0 Å². The molecule has 18 heavy (non-hydrogen) atoms. The van der Waals surface area contributed by atoms with E-state index in [0.29, 0.717) is 5.88 Å². The van der Waals surface area contributed by atoms with Gasteiger partial charge >= 0.3 is 0 Å². The molecular formula is C13H9BrClN3. The molecule has 3 aromatic rings. The molecule has 0 fully saturated rings. The Labute approximate surface area is 118 Å². The minimum absolute atomic E-state index is 0.350. The Morgan fingerprint density at radius 3 is 2.72 bits per heavy atom. The fraction of sp³-hybridized carbons (Fsp3) is 0.0769. The topological polar surface area (TPSA) is 30.7 Å². The second kappa shape index (κ2) is 4.71. The first-order valence-corrected chi connectivity index (χ1v) is 6.76. The number of halogens is 2. The van der Waals surface area contributed by atoms with Gasteiger partial charge in [-0.3, -0.25) is 4.57 Å². The Hall–Kier alpha value is -1.39. The van der Waals surface area contributed by atoms with Crippen LogP contribution in [0.1, 0.15) is 5.82 Å². The van der Waals surface area contributed by atoms with E-state index in [9.17, 15) is 0 Å². The monoisotopic (exact) mass is 321 g/mol. The fourth-order valence-electron chi connectivity index (χ4n) is 1.93. The molecule has 0 aliphatic carbocycles. The molecule has 0 N–H and O–H groups in total. The van der Waals surface area contributed by atoms with E-state index in [1.54, 1.807) is 6.20 Å². The van der Waals surface area contributed by atoms with E-state index in [0.717, 1.165) is 27.1 Å². The maximum absolute atomic E-state index is 5.97. The SMILES string of the molecule is ClCc1nc2cc(Br)cnc2n1-c1ccccc1. The summed E-state index contributed by atoms with van der Waals surface area (Å²) < 4.78 is 2.89. The van der Waals surface area contributed by atoms with Gasteiger partial charge in [0, 0.05) is 16.4 Å². The van der Waals surface area contributed by atoms with Crippen molar-refractivity contribution in [3.8, 4) is 5.69 Å². The van der Waals surface area contributed by atoms with Gasteiger partial charge in [-0.1, -0.05) is 18.2 Å². The average molecular weight is 323 g/mol. The van der Waals surface area contributed by atoms with Gasteiger partial charge in [-0.05, 0) is 34.1 Å². The lowest BCUT2D eigenvalue weighted by molar-refractivity contribution is 0.970. The van der Waals surface area contributed by atoms with Crippen molar-refractivity contribution in [1.29, 1.82) is 0 Å². The molecule has 0 saturated heterocycles. The molecule has 0 amide bonds. The van der Waals surface area contributed by atoms with Crippen LogP contribution in [0.2, 0.25) is 0 Å². The molecular weight excluding hydrogens is 314 g/mol. The van der Waals surface area contributed by atoms with Crippen molar-refractivity contribution in [1.82, 2.24) is 14.5 Å². The van der Waals surface area contributed by atoms with Crippen LogP contribution in [-0.4, -0.2) is 14.5 Å². The summed E-state index contributed by atoms with van der Waals surface area (Å²) in [5.41, 5.74) is 2.68. The van der Waals surface area contributed by atoms with Crippen LogP contribution in [0.4, 0.5) is 0 Å². The smallest absolute Gasteiger partial charge is 0.164 e. The molecule has 90 valence electrons. The molecule has 0 aliphatic rings. The van der Waals surface area contributed by atoms with Gasteiger partial charge in [0.15, 0.2) is 5.65 Å². The average Bonchev–Trinajstić information content (AvgIpc) is 2.77. The van der Waals surface area contributed by atoms with Gasteiger partial charge < -0.3 is 0 Å². The van der Waals surface area contributed by atoms with Crippen molar-refractivity contribution >= 4 is 38.7 Å². The molecule has 0 atom stereocenters. The minimum Gasteiger partial charge on any atom is -0.280 e. The number of alkyl halides is 1. The van der Waals surface area contributed by atoms with Gasteiger partial charge in [0.2, 0.25) is 0 Å². The first kappa shape index (κ1) is 11.7. The molecule has 0 unspecified atom stereocenters. The predicted octanol–water partition coefficient (Wildman–Crippen LogP) is 3.92. The summed E-state index contributed by atoms with van der Waals surface area (Å²) >= 11 is 9.37. The molecule has 3 nitrogen and oxygen atoms in total. The van der Waals surface area contributed by atoms with E-state index < -0.39 is 0 Å². The third-order valence-electron chi connectivity index (χ3n) is 2.67. The molecule has 2 aromatic heterocycles. The van der Waals surface area contributed by atoms with Gasteiger partial charge in [0.25, 0.3) is 0 Å². The summed E-state index contributed by atoms with van der Waals surface area (Å²) in [4.78, 5) is 8.93. The lowest BCUT2D eigenvalue weighted by Crippen LogP contribution is -1.99. The molecule has 3 rings (SSSR count). The van der Waals surface area contributed by atoms with Gasteiger partial charge in [0.05, 0.1) is 5.88 Å². The van der Waals surface area contributed by atoms with Crippen molar-refractivity contribution in [3.05, 3.63) is 52.9 Å². The lowest BCUT2D eigenvalue weighted by Gasteiger charge is -2.06. The first-order chi connectivity index (χ1) is 8.79. The van der Waals surface area contributed by atoms with Gasteiger partial charge in [-0.15, -0.1) is 11.6 Å². The van der Waals surface area contributed by atoms with Crippen molar-refractivity contribution in [3.63, 3.8) is 0 Å². The standard InChI is InChI=1S/C13H9BrClN3/c14-9-6-11-13(16-8-9)18(12(7-15)17-11)10-4-2-1-3-5-10/h1-6,8H,7H2. The normalized spacial score (nSPS) is 11.0. The Morgan fingerprint density at radius 1 is 1.22 bits per heavy atom. The summed E-state index contributed by atoms with van der Waals surface area (Å²) in [6.07, 6.45) is 1.77. The van der Waals surface area contributed by atoms with Crippen molar-refractivity contribution < 1.29 is 0 Å². The van der Waals surface area contributed by atoms with Crippen LogP contribution >= 0.6 is 27.5 Å². The van der Waals surface area contributed by atoms with Gasteiger partial charge in [0.1, 0.15) is 11.3 Å². The summed E-state index contributed by atoms with van der Waals surface area (Å²) in [6, 6.07) is 11.9. The van der Waals surface area contributed by atoms with E-state index >= 15 is 0 Å². The number of pyridine rings is 1. The van der Waals surface area contributed by atoms with Gasteiger partial charge in [-0.25, -0.2) is 9.97 Å². The number of fused-ring (bicyclic) bond motifs is 1. The predicted molar refractivity (Wildman–Crippen MR) is 76.1 cm³/mol. The van der Waals surface area contributed by atoms with Crippen LogP contribution in [0.15, 0.2) is 47.1 Å². The summed E-state index contributed by atoms with van der Waals surface area (Å²) in [6.45, 7) is 0. The zero-order valence-electron chi connectivity index (χ0n) is 9.35. The first-order valence-electron chi connectivity index (χ1n) is 5.44. The largest absolute Gasteiger partial charge is 0.280 e. The molecule has 5 heteroatoms. The molecule has 0 spiro atoms. The van der Waals surface area contributed by atoms with Crippen LogP contribution in [0.3, 0.4) is 0 Å². The molecule has 0 aliphatic heterocycles. The number of para-hydroxylation sites is 1. The zero-order valence-corrected chi connectivity index (χ0v) is 11.7. The second-order valence-electron chi connectivity index (χ2n) is 3.83. The third kappa shape index (κ3) is 1.91. The number of rotatable bonds is 2. The van der Waals surface area contributed by atoms with Crippen LogP contribution in [0.5, 0.6) is 0 Å². The Morgan fingerprint density at radius 2 is 2.00 bits per heavy atom. The van der Waals surface area contributed by atoms with Crippen molar-refractivity contribution in [2.45, 2.75) is 5.88 Å². The lowest BCUT2D eigenvalue weighted by atomic mass is 10.3. The highest BCUT2D eigenvalue weighted by molar-refractivity contribution is 9.10. The number of nitrogens with zero attached hydrogens (tertiary/aromatic N) is 3. The van der Waals surface area contributed by atoms with E-state index in [4.69, 9.17) is 11.6 Å². The molecule has 0 radical (unpaired) electrons. The number of hydrogen-bond acceptors (Lipinski definition) is 2. The number of benzene rings is 1. The maximum Gasteiger partial charge on any atom is 0.164 e. The van der Waals surface area contributed by atoms with Crippen LogP contribution in [0.25, 0.3) is 16.9 Å². The summed E-state index contributed by atoms with van der Waals surface area (Å²) in [7, 11) is 0. The number of hydrogen-bond donors (Lipinski definition) is 0. The minimum atomic E-state index is 0.350. The van der Waals surface area contributed by atoms with Crippen molar-refractivity contribution in [2.75, 3.05) is 0 Å². The molecule has 1 aromatic carbocycles. The van der Waals surface area contributed by atoms with E-state index in [2.05, 4.69) is 25.9 Å². The van der Waals surface area contributed by atoms with Gasteiger partial charge in [-0.2, -0.15) is 0 Å². The quantitative estimate of drug-likeness (QED) is 0.669. The van der Waals surface area contributed by atoms with Crippen LogP contribution < -0.4 is 0 Å². The zero-order chi connectivity index (χ0) is 12.5. The van der Waals surface area contributed by atoms with Crippen LogP contribution in [-0.2, 0) is 5.88 Å². The molecule has 2 heterocycles. The maximum atomic E-state index is 5.97. The van der Waals surface area contributed by atoms with Crippen LogP contribution in [0, 0.1) is 0 Å². The second-order valence-corrected chi connectivity index (χ2v) is 5.01. The number of imidazole rings is 1. The van der Waals surface area contributed by atoms with E-state index in [1.807, 2.05) is 41.0 Å². The Kier molecular flexibility index (Phi) is 3.06. The fourth-order valence-corrected chi connectivity index (χ4v) is 2.42. The van der Waals surface area contributed by atoms with Crippen molar-refractivity contribution in [2.24, 2.45) is 0 Å². The summed E-state index contributed by atoms with van der Waals surface area (Å²) in [5.74, 6) is 1.14. The Balaban J connectivity index is 2.33. The highest BCUT2D eigenvalue weighted by atomic mass is 79.9. The third-order valence-corrected chi connectivity index (χ3v) is 3.34.